The second kappa shape index (κ2) is 9.77. The van der Waals surface area contributed by atoms with Crippen molar-refractivity contribution in [3.05, 3.63) is 29.8 Å². The van der Waals surface area contributed by atoms with E-state index in [1.54, 1.807) is 0 Å². The first-order chi connectivity index (χ1) is 10.4. The molecule has 1 aliphatic heterocycles. The van der Waals surface area contributed by atoms with Gasteiger partial charge in [-0.25, -0.2) is 0 Å². The zero-order valence-corrected chi connectivity index (χ0v) is 13.1. The third-order valence-electron chi connectivity index (χ3n) is 3.67. The molecule has 1 aliphatic rings. The first-order valence-corrected chi connectivity index (χ1v) is 8.11. The largest absolute Gasteiger partial charge is 0.492 e. The van der Waals surface area contributed by atoms with Gasteiger partial charge in [0.2, 0.25) is 0 Å². The molecule has 1 aromatic carbocycles. The highest BCUT2D eigenvalue weighted by Crippen LogP contribution is 2.12. The first-order valence-electron chi connectivity index (χ1n) is 8.11. The van der Waals surface area contributed by atoms with Crippen LogP contribution in [0.3, 0.4) is 0 Å². The normalized spacial score (nSPS) is 16.6. The van der Waals surface area contributed by atoms with Gasteiger partial charge in [-0.3, -0.25) is 4.90 Å². The van der Waals surface area contributed by atoms with Crippen molar-refractivity contribution in [1.82, 2.24) is 10.2 Å². The van der Waals surface area contributed by atoms with Crippen LogP contribution < -0.4 is 10.1 Å². The highest BCUT2D eigenvalue weighted by Gasteiger charge is 2.08. The Morgan fingerprint density at radius 1 is 1.19 bits per heavy atom. The lowest BCUT2D eigenvalue weighted by molar-refractivity contribution is 0.137. The highest BCUT2D eigenvalue weighted by molar-refractivity contribution is 5.27. The van der Waals surface area contributed by atoms with Crippen molar-refractivity contribution in [3.63, 3.8) is 0 Å². The van der Waals surface area contributed by atoms with Crippen LogP contribution in [0.5, 0.6) is 5.75 Å². The van der Waals surface area contributed by atoms with Gasteiger partial charge in [0, 0.05) is 32.8 Å². The Hall–Kier alpha value is -1.10. The monoisotopic (exact) mass is 292 g/mol. The summed E-state index contributed by atoms with van der Waals surface area (Å²) in [6, 6.07) is 8.40. The topological polar surface area (TPSA) is 33.7 Å². The fourth-order valence-electron chi connectivity index (χ4n) is 2.43. The van der Waals surface area contributed by atoms with Crippen LogP contribution in [0.2, 0.25) is 0 Å². The van der Waals surface area contributed by atoms with E-state index in [2.05, 4.69) is 41.4 Å². The van der Waals surface area contributed by atoms with Crippen molar-refractivity contribution < 1.29 is 9.47 Å². The van der Waals surface area contributed by atoms with Gasteiger partial charge in [0.25, 0.3) is 0 Å². The van der Waals surface area contributed by atoms with E-state index in [9.17, 15) is 0 Å². The molecule has 1 N–H and O–H groups in total. The van der Waals surface area contributed by atoms with E-state index < -0.39 is 0 Å². The number of nitrogens with one attached hydrogen (secondary N) is 1. The van der Waals surface area contributed by atoms with Gasteiger partial charge in [0.1, 0.15) is 12.4 Å². The molecule has 1 saturated heterocycles. The third kappa shape index (κ3) is 6.46. The molecule has 4 nitrogen and oxygen atoms in total. The van der Waals surface area contributed by atoms with Crippen LogP contribution in [0.15, 0.2) is 24.3 Å². The second-order valence-corrected chi connectivity index (χ2v) is 5.48. The molecule has 0 bridgehead atoms. The van der Waals surface area contributed by atoms with Gasteiger partial charge < -0.3 is 14.8 Å². The summed E-state index contributed by atoms with van der Waals surface area (Å²) in [5.74, 6) is 0.959. The van der Waals surface area contributed by atoms with E-state index in [1.165, 1.54) is 12.0 Å². The van der Waals surface area contributed by atoms with Crippen molar-refractivity contribution in [1.29, 1.82) is 0 Å². The van der Waals surface area contributed by atoms with Gasteiger partial charge in [-0.05, 0) is 37.1 Å². The van der Waals surface area contributed by atoms with E-state index in [1.807, 2.05) is 0 Å². The Morgan fingerprint density at radius 3 is 2.86 bits per heavy atom. The molecule has 0 unspecified atom stereocenters. The lowest BCUT2D eigenvalue weighted by Gasteiger charge is -2.19. The number of hydrogen-bond donors (Lipinski definition) is 1. The molecule has 0 saturated carbocycles. The summed E-state index contributed by atoms with van der Waals surface area (Å²) in [4.78, 5) is 2.41. The van der Waals surface area contributed by atoms with Gasteiger partial charge in [0.05, 0.1) is 6.61 Å². The second-order valence-electron chi connectivity index (χ2n) is 5.48. The molecule has 0 atom stereocenters. The molecule has 0 aromatic heterocycles. The summed E-state index contributed by atoms with van der Waals surface area (Å²) in [7, 11) is 0. The van der Waals surface area contributed by atoms with Gasteiger partial charge in [-0.2, -0.15) is 0 Å². The van der Waals surface area contributed by atoms with Crippen molar-refractivity contribution in [2.24, 2.45) is 0 Å². The molecule has 1 heterocycles. The zero-order valence-electron chi connectivity index (χ0n) is 13.1. The van der Waals surface area contributed by atoms with E-state index in [-0.39, 0.29) is 0 Å². The summed E-state index contributed by atoms with van der Waals surface area (Å²) in [5, 5.41) is 3.40. The summed E-state index contributed by atoms with van der Waals surface area (Å²) in [6.07, 6.45) is 2.29. The average molecular weight is 292 g/mol. The molecule has 0 amide bonds. The summed E-state index contributed by atoms with van der Waals surface area (Å²) < 4.78 is 11.3. The summed E-state index contributed by atoms with van der Waals surface area (Å²) in [6.45, 7) is 9.78. The maximum Gasteiger partial charge on any atom is 0.119 e. The third-order valence-corrected chi connectivity index (χ3v) is 3.67. The molecular weight excluding hydrogens is 264 g/mol. The van der Waals surface area contributed by atoms with E-state index in [0.29, 0.717) is 0 Å². The van der Waals surface area contributed by atoms with Crippen LogP contribution in [-0.2, 0) is 11.3 Å². The van der Waals surface area contributed by atoms with Crippen LogP contribution in [0.25, 0.3) is 0 Å². The molecule has 0 spiro atoms. The van der Waals surface area contributed by atoms with Crippen LogP contribution in [0.4, 0.5) is 0 Å². The van der Waals surface area contributed by atoms with Gasteiger partial charge in [-0.1, -0.05) is 19.1 Å². The molecule has 0 radical (unpaired) electrons. The number of benzene rings is 1. The fourth-order valence-corrected chi connectivity index (χ4v) is 2.43. The summed E-state index contributed by atoms with van der Waals surface area (Å²) in [5.41, 5.74) is 1.31. The molecular formula is C17H28N2O2. The Balaban J connectivity index is 1.65. The molecule has 1 fully saturated rings. The van der Waals surface area contributed by atoms with Crippen LogP contribution in [0, 0.1) is 0 Å². The molecule has 21 heavy (non-hydrogen) atoms. The zero-order chi connectivity index (χ0) is 14.8. The lowest BCUT2D eigenvalue weighted by Crippen LogP contribution is -2.30. The average Bonchev–Trinajstić information content (AvgIpc) is 2.78. The Kier molecular flexibility index (Phi) is 7.57. The predicted molar refractivity (Wildman–Crippen MR) is 85.8 cm³/mol. The van der Waals surface area contributed by atoms with E-state index >= 15 is 0 Å². The maximum absolute atomic E-state index is 5.83. The Morgan fingerprint density at radius 2 is 2.05 bits per heavy atom. The van der Waals surface area contributed by atoms with Gasteiger partial charge in [-0.15, -0.1) is 0 Å². The molecule has 118 valence electrons. The Bertz CT molecular complexity index is 373. The summed E-state index contributed by atoms with van der Waals surface area (Å²) >= 11 is 0. The predicted octanol–water partition coefficient (Wildman–Crippen LogP) is 2.29. The molecule has 0 aliphatic carbocycles. The smallest absolute Gasteiger partial charge is 0.119 e. The molecule has 4 heteroatoms. The van der Waals surface area contributed by atoms with Crippen LogP contribution >= 0.6 is 0 Å². The highest BCUT2D eigenvalue weighted by atomic mass is 16.5. The number of nitrogens with zero attached hydrogens (tertiary/aromatic N) is 1. The van der Waals surface area contributed by atoms with Crippen molar-refractivity contribution in [3.8, 4) is 5.75 Å². The fraction of sp³-hybridized carbons (Fsp3) is 0.647. The van der Waals surface area contributed by atoms with Gasteiger partial charge in [0.15, 0.2) is 0 Å². The standard InChI is InChI=1S/C17H28N2O2/c1-2-8-18-15-16-4-6-17(7-5-16)21-14-11-19-9-3-12-20-13-10-19/h4-7,18H,2-3,8-15H2,1H3. The SMILES string of the molecule is CCCNCc1ccc(OCCN2CCCOCC2)cc1. The van der Waals surface area contributed by atoms with Crippen molar-refractivity contribution >= 4 is 0 Å². The van der Waals surface area contributed by atoms with Gasteiger partial charge >= 0.3 is 0 Å². The quantitative estimate of drug-likeness (QED) is 0.745. The van der Waals surface area contributed by atoms with E-state index in [4.69, 9.17) is 9.47 Å². The molecule has 1 aromatic rings. The van der Waals surface area contributed by atoms with Crippen LogP contribution in [0.1, 0.15) is 25.3 Å². The van der Waals surface area contributed by atoms with Crippen LogP contribution in [-0.4, -0.2) is 50.9 Å². The Labute approximate surface area is 128 Å². The lowest BCUT2D eigenvalue weighted by atomic mass is 10.2. The minimum atomic E-state index is 0.743. The number of rotatable bonds is 8. The van der Waals surface area contributed by atoms with Crippen molar-refractivity contribution in [2.75, 3.05) is 46.0 Å². The molecule has 2 rings (SSSR count). The van der Waals surface area contributed by atoms with Crippen molar-refractivity contribution in [2.45, 2.75) is 26.3 Å². The van der Waals surface area contributed by atoms with E-state index in [0.717, 1.165) is 64.7 Å². The minimum absolute atomic E-state index is 0.743. The first kappa shape index (κ1) is 16.3. The minimum Gasteiger partial charge on any atom is -0.492 e. The maximum atomic E-state index is 5.83. The number of hydrogen-bond acceptors (Lipinski definition) is 4. The number of ether oxygens (including phenoxy) is 2.